The zero-order valence-corrected chi connectivity index (χ0v) is 16.4. The highest BCUT2D eigenvalue weighted by Gasteiger charge is 2.20. The summed E-state index contributed by atoms with van der Waals surface area (Å²) in [6, 6.07) is 15.7. The van der Waals surface area contributed by atoms with Gasteiger partial charge in [-0.25, -0.2) is 4.68 Å². The average molecular weight is 393 g/mol. The van der Waals surface area contributed by atoms with Crippen molar-refractivity contribution >= 4 is 22.6 Å². The molecule has 1 unspecified atom stereocenters. The largest absolute Gasteiger partial charge is 0.463 e. The minimum Gasteiger partial charge on any atom is -0.463 e. The Bertz CT molecular complexity index is 1060. The molecule has 3 aromatic rings. The third-order valence-electron chi connectivity index (χ3n) is 4.33. The number of rotatable bonds is 7. The Morgan fingerprint density at radius 1 is 1.07 bits per heavy atom. The van der Waals surface area contributed by atoms with Crippen LogP contribution in [-0.2, 0) is 20.9 Å². The van der Waals surface area contributed by atoms with Crippen molar-refractivity contribution in [3.63, 3.8) is 0 Å². The van der Waals surface area contributed by atoms with Gasteiger partial charge in [0.2, 0.25) is 5.91 Å². The summed E-state index contributed by atoms with van der Waals surface area (Å²) in [5, 5.41) is 8.11. The van der Waals surface area contributed by atoms with Gasteiger partial charge >= 0.3 is 5.97 Å². The predicted molar refractivity (Wildman–Crippen MR) is 109 cm³/mol. The first kappa shape index (κ1) is 20.3. The van der Waals surface area contributed by atoms with Crippen molar-refractivity contribution in [3.8, 4) is 0 Å². The van der Waals surface area contributed by atoms with E-state index in [1.54, 1.807) is 38.2 Å². The summed E-state index contributed by atoms with van der Waals surface area (Å²) in [5.74, 6) is -0.823. The average Bonchev–Trinajstić information content (AvgIpc) is 2.70. The highest BCUT2D eigenvalue weighted by molar-refractivity contribution is 5.81. The molecule has 0 aliphatic rings. The van der Waals surface area contributed by atoms with Crippen LogP contribution in [0, 0.1) is 0 Å². The summed E-state index contributed by atoms with van der Waals surface area (Å²) >= 11 is 0. The minimum atomic E-state index is -0.564. The molecular weight excluding hydrogens is 370 g/mol. The van der Waals surface area contributed by atoms with Gasteiger partial charge in [-0.1, -0.05) is 48.5 Å². The number of nitrogens with one attached hydrogen (secondary N) is 1. The Kier molecular flexibility index (Phi) is 6.39. The van der Waals surface area contributed by atoms with Crippen molar-refractivity contribution in [1.29, 1.82) is 0 Å². The number of carbonyl (C=O) groups is 2. The maximum atomic E-state index is 12.6. The van der Waals surface area contributed by atoms with Gasteiger partial charge in [0.05, 0.1) is 30.1 Å². The lowest BCUT2D eigenvalue weighted by Crippen LogP contribution is -2.36. The van der Waals surface area contributed by atoms with Crippen molar-refractivity contribution in [2.24, 2.45) is 0 Å². The number of carbonyl (C=O) groups excluding carboxylic acids is 2. The number of aromatic nitrogens is 2. The molecule has 150 valence electrons. The van der Waals surface area contributed by atoms with Crippen LogP contribution in [0.25, 0.3) is 10.8 Å². The first-order chi connectivity index (χ1) is 13.9. The van der Waals surface area contributed by atoms with Gasteiger partial charge in [-0.15, -0.1) is 0 Å². The second-order valence-electron chi connectivity index (χ2n) is 6.97. The quantitative estimate of drug-likeness (QED) is 0.623. The van der Waals surface area contributed by atoms with Crippen LogP contribution in [0.5, 0.6) is 0 Å². The summed E-state index contributed by atoms with van der Waals surface area (Å²) < 4.78 is 6.33. The Morgan fingerprint density at radius 3 is 2.48 bits per heavy atom. The predicted octanol–water partition coefficient (Wildman–Crippen LogP) is 2.60. The van der Waals surface area contributed by atoms with Crippen molar-refractivity contribution in [2.45, 2.75) is 39.0 Å². The maximum absolute atomic E-state index is 12.6. The molecule has 0 saturated heterocycles. The van der Waals surface area contributed by atoms with Gasteiger partial charge in [0.15, 0.2) is 0 Å². The van der Waals surface area contributed by atoms with Gasteiger partial charge in [-0.3, -0.25) is 14.4 Å². The molecule has 29 heavy (non-hydrogen) atoms. The van der Waals surface area contributed by atoms with Crippen molar-refractivity contribution in [2.75, 3.05) is 0 Å². The summed E-state index contributed by atoms with van der Waals surface area (Å²) in [6.07, 6.45) is 1.31. The standard InChI is InChI=1S/C22H23N3O4/c1-15(2)29-21(27)12-19(16-8-4-3-5-9-16)24-20(26)14-25-22(28)18-11-7-6-10-17(18)13-23-25/h3-11,13,15,19H,12,14H2,1-2H3,(H,24,26). The van der Waals surface area contributed by atoms with Crippen molar-refractivity contribution in [3.05, 3.63) is 76.7 Å². The van der Waals surface area contributed by atoms with Crippen LogP contribution in [0.2, 0.25) is 0 Å². The highest BCUT2D eigenvalue weighted by atomic mass is 16.5. The van der Waals surface area contributed by atoms with E-state index in [9.17, 15) is 14.4 Å². The van der Waals surface area contributed by atoms with E-state index in [1.807, 2.05) is 36.4 Å². The molecule has 1 heterocycles. The second kappa shape index (κ2) is 9.14. The molecule has 1 aromatic heterocycles. The lowest BCUT2D eigenvalue weighted by molar-refractivity contribution is -0.148. The van der Waals surface area contributed by atoms with Gasteiger partial charge in [0, 0.05) is 5.39 Å². The number of nitrogens with zero attached hydrogens (tertiary/aromatic N) is 2. The second-order valence-corrected chi connectivity index (χ2v) is 6.97. The molecule has 7 heteroatoms. The SMILES string of the molecule is CC(C)OC(=O)CC(NC(=O)Cn1ncc2ccccc2c1=O)c1ccccc1. The smallest absolute Gasteiger partial charge is 0.308 e. The monoisotopic (exact) mass is 393 g/mol. The zero-order valence-electron chi connectivity index (χ0n) is 16.4. The lowest BCUT2D eigenvalue weighted by atomic mass is 10.0. The van der Waals surface area contributed by atoms with Crippen LogP contribution in [0.4, 0.5) is 0 Å². The number of esters is 1. The molecule has 7 nitrogen and oxygen atoms in total. The van der Waals surface area contributed by atoms with E-state index in [1.165, 1.54) is 0 Å². The number of benzene rings is 2. The van der Waals surface area contributed by atoms with Gasteiger partial charge in [-0.05, 0) is 25.5 Å². The van der Waals surface area contributed by atoms with E-state index in [0.29, 0.717) is 10.8 Å². The summed E-state index contributed by atoms with van der Waals surface area (Å²) in [6.45, 7) is 3.30. The third-order valence-corrected chi connectivity index (χ3v) is 4.33. The van der Waals surface area contributed by atoms with E-state index < -0.39 is 17.9 Å². The number of hydrogen-bond donors (Lipinski definition) is 1. The van der Waals surface area contributed by atoms with E-state index in [-0.39, 0.29) is 24.6 Å². The molecule has 1 N–H and O–H groups in total. The molecule has 2 aromatic carbocycles. The van der Waals surface area contributed by atoms with Crippen LogP contribution < -0.4 is 10.9 Å². The molecule has 0 radical (unpaired) electrons. The molecule has 0 fully saturated rings. The first-order valence-electron chi connectivity index (χ1n) is 9.42. The molecule has 0 aliphatic carbocycles. The zero-order chi connectivity index (χ0) is 20.8. The number of hydrogen-bond acceptors (Lipinski definition) is 5. The van der Waals surface area contributed by atoms with Crippen LogP contribution in [0.3, 0.4) is 0 Å². The lowest BCUT2D eigenvalue weighted by Gasteiger charge is -2.19. The normalized spacial score (nSPS) is 12.0. The van der Waals surface area contributed by atoms with Gasteiger partial charge in [-0.2, -0.15) is 5.10 Å². The fourth-order valence-corrected chi connectivity index (χ4v) is 3.03. The number of ether oxygens (including phenoxy) is 1. The first-order valence-corrected chi connectivity index (χ1v) is 9.42. The topological polar surface area (TPSA) is 90.3 Å². The summed E-state index contributed by atoms with van der Waals surface area (Å²) in [5.41, 5.74) is 0.439. The van der Waals surface area contributed by atoms with Crippen LogP contribution in [-0.4, -0.2) is 27.8 Å². The molecule has 0 saturated carbocycles. The Balaban J connectivity index is 1.77. The molecule has 0 bridgehead atoms. The maximum Gasteiger partial charge on any atom is 0.308 e. The highest BCUT2D eigenvalue weighted by Crippen LogP contribution is 2.18. The van der Waals surface area contributed by atoms with Crippen molar-refractivity contribution < 1.29 is 14.3 Å². The minimum absolute atomic E-state index is 0.00597. The van der Waals surface area contributed by atoms with Gasteiger partial charge < -0.3 is 10.1 Å². The molecule has 1 amide bonds. The van der Waals surface area contributed by atoms with E-state index >= 15 is 0 Å². The van der Waals surface area contributed by atoms with Crippen LogP contribution in [0.15, 0.2) is 65.6 Å². The van der Waals surface area contributed by atoms with Gasteiger partial charge in [0.1, 0.15) is 6.54 Å². The molecule has 3 rings (SSSR count). The molecular formula is C22H23N3O4. The van der Waals surface area contributed by atoms with E-state index in [0.717, 1.165) is 10.2 Å². The summed E-state index contributed by atoms with van der Waals surface area (Å²) in [7, 11) is 0. The third kappa shape index (κ3) is 5.28. The Hall–Kier alpha value is -3.48. The fraction of sp³-hybridized carbons (Fsp3) is 0.273. The van der Waals surface area contributed by atoms with Crippen LogP contribution in [0.1, 0.15) is 31.9 Å². The van der Waals surface area contributed by atoms with Crippen molar-refractivity contribution in [1.82, 2.24) is 15.1 Å². The van der Waals surface area contributed by atoms with E-state index in [4.69, 9.17) is 4.74 Å². The molecule has 1 atom stereocenters. The fourth-order valence-electron chi connectivity index (χ4n) is 3.03. The molecule has 0 aliphatic heterocycles. The number of fused-ring (bicyclic) bond motifs is 1. The Labute approximate surface area is 168 Å². The van der Waals surface area contributed by atoms with E-state index in [2.05, 4.69) is 10.4 Å². The molecule has 0 spiro atoms. The van der Waals surface area contributed by atoms with Gasteiger partial charge in [0.25, 0.3) is 5.56 Å². The summed E-state index contributed by atoms with van der Waals surface area (Å²) in [4.78, 5) is 37.3. The van der Waals surface area contributed by atoms with Crippen LogP contribution >= 0.6 is 0 Å². The Morgan fingerprint density at radius 2 is 1.76 bits per heavy atom. The number of amides is 1.